The van der Waals surface area contributed by atoms with Crippen molar-refractivity contribution in [1.82, 2.24) is 0 Å². The summed E-state index contributed by atoms with van der Waals surface area (Å²) in [7, 11) is 0. The molecule has 0 amide bonds. The Morgan fingerprint density at radius 2 is 1.52 bits per heavy atom. The van der Waals surface area contributed by atoms with Gasteiger partial charge in [-0.25, -0.2) is 0 Å². The van der Waals surface area contributed by atoms with Crippen LogP contribution in [-0.2, 0) is 19.2 Å². The van der Waals surface area contributed by atoms with Gasteiger partial charge in [0, 0.05) is 38.0 Å². The number of unbranched alkanes of at least 4 members (excludes halogenated alkanes) is 1. The zero-order chi connectivity index (χ0) is 17.4. The minimum absolute atomic E-state index is 0.0149. The van der Waals surface area contributed by atoms with Crippen molar-refractivity contribution in [3.63, 3.8) is 0 Å². The molecule has 0 radical (unpaired) electrons. The third-order valence-electron chi connectivity index (χ3n) is 4.36. The summed E-state index contributed by atoms with van der Waals surface area (Å²) in [6.45, 7) is 0. The first kappa shape index (κ1) is 19.3. The molecule has 3 atom stereocenters. The normalized spacial score (nSPS) is 23.9. The molecule has 1 fully saturated rings. The predicted octanol–water partition coefficient (Wildman–Crippen LogP) is 1.41. The number of hydrogen-bond donors (Lipinski definition) is 3. The van der Waals surface area contributed by atoms with Gasteiger partial charge in [0.25, 0.3) is 0 Å². The summed E-state index contributed by atoms with van der Waals surface area (Å²) in [5.41, 5.74) is 0. The number of carbonyl (C=O) groups excluding carboxylic acids is 2. The fourth-order valence-corrected chi connectivity index (χ4v) is 3.11. The van der Waals surface area contributed by atoms with E-state index in [-0.39, 0.29) is 49.6 Å². The van der Waals surface area contributed by atoms with E-state index >= 15 is 0 Å². The molecule has 1 aliphatic carbocycles. The van der Waals surface area contributed by atoms with Crippen LogP contribution in [0.5, 0.6) is 0 Å². The number of hydrogen-bond acceptors (Lipinski definition) is 5. The van der Waals surface area contributed by atoms with Crippen molar-refractivity contribution in [2.45, 2.75) is 63.9 Å². The Labute approximate surface area is 134 Å². The van der Waals surface area contributed by atoms with Crippen molar-refractivity contribution in [2.24, 2.45) is 11.8 Å². The molecule has 7 nitrogen and oxygen atoms in total. The Balaban J connectivity index is 2.37. The van der Waals surface area contributed by atoms with E-state index in [9.17, 15) is 24.3 Å². The zero-order valence-corrected chi connectivity index (χ0v) is 13.1. The molecule has 0 aromatic rings. The molecule has 0 aliphatic heterocycles. The average molecular weight is 328 g/mol. The van der Waals surface area contributed by atoms with Crippen molar-refractivity contribution in [3.8, 4) is 0 Å². The van der Waals surface area contributed by atoms with Gasteiger partial charge in [-0.3, -0.25) is 19.2 Å². The number of Topliss-reactive ketones (excluding diaryl/α,β-unsaturated/α-hetero) is 2. The lowest BCUT2D eigenvalue weighted by Crippen LogP contribution is -2.22. The van der Waals surface area contributed by atoms with Crippen molar-refractivity contribution >= 4 is 23.5 Å². The molecular formula is C16H24O7. The average Bonchev–Trinajstić information content (AvgIpc) is 2.72. The SMILES string of the molecule is O=C(O)CCCCC(=O)CCC1C(O)CC(=O)C1CCC(=O)O. The Morgan fingerprint density at radius 1 is 0.913 bits per heavy atom. The molecule has 7 heteroatoms. The van der Waals surface area contributed by atoms with E-state index in [1.165, 1.54) is 0 Å². The van der Waals surface area contributed by atoms with Crippen LogP contribution in [0.25, 0.3) is 0 Å². The molecule has 3 N–H and O–H groups in total. The highest BCUT2D eigenvalue weighted by atomic mass is 16.4. The van der Waals surface area contributed by atoms with Gasteiger partial charge in [-0.2, -0.15) is 0 Å². The highest BCUT2D eigenvalue weighted by Gasteiger charge is 2.41. The molecule has 1 saturated carbocycles. The van der Waals surface area contributed by atoms with E-state index in [1.54, 1.807) is 0 Å². The van der Waals surface area contributed by atoms with Crippen LogP contribution in [-0.4, -0.2) is 44.9 Å². The fraction of sp³-hybridized carbons (Fsp3) is 0.750. The van der Waals surface area contributed by atoms with E-state index in [0.29, 0.717) is 25.7 Å². The Hall–Kier alpha value is -1.76. The van der Waals surface area contributed by atoms with Crippen LogP contribution in [0.1, 0.15) is 57.8 Å². The van der Waals surface area contributed by atoms with Gasteiger partial charge in [-0.15, -0.1) is 0 Å². The molecule has 0 bridgehead atoms. The second-order valence-electron chi connectivity index (χ2n) is 6.12. The topological polar surface area (TPSA) is 129 Å². The second kappa shape index (κ2) is 9.39. The standard InChI is InChI=1S/C16H24O7/c17-10(3-1-2-4-15(20)21)5-6-11-12(7-8-16(22)23)14(19)9-13(11)18/h11-13,18H,1-9H2,(H,20,21)(H,22,23). The van der Waals surface area contributed by atoms with Gasteiger partial charge in [-0.1, -0.05) is 0 Å². The number of rotatable bonds is 11. The summed E-state index contributed by atoms with van der Waals surface area (Å²) in [6.07, 6.45) is 1.20. The highest BCUT2D eigenvalue weighted by molar-refractivity contribution is 5.85. The summed E-state index contributed by atoms with van der Waals surface area (Å²) < 4.78 is 0. The van der Waals surface area contributed by atoms with Crippen LogP contribution < -0.4 is 0 Å². The molecule has 0 saturated heterocycles. The Kier molecular flexibility index (Phi) is 7.88. The maximum atomic E-state index is 11.8. The van der Waals surface area contributed by atoms with Gasteiger partial charge >= 0.3 is 11.9 Å². The Bertz CT molecular complexity index is 457. The maximum Gasteiger partial charge on any atom is 0.303 e. The van der Waals surface area contributed by atoms with Crippen LogP contribution >= 0.6 is 0 Å². The van der Waals surface area contributed by atoms with Crippen LogP contribution in [0, 0.1) is 11.8 Å². The van der Waals surface area contributed by atoms with E-state index in [1.807, 2.05) is 0 Å². The van der Waals surface area contributed by atoms with Gasteiger partial charge < -0.3 is 15.3 Å². The van der Waals surface area contributed by atoms with E-state index in [0.717, 1.165) is 0 Å². The number of carboxylic acid groups (broad SMARTS) is 2. The summed E-state index contributed by atoms with van der Waals surface area (Å²) in [5, 5.41) is 27.2. The molecule has 0 aromatic heterocycles. The summed E-state index contributed by atoms with van der Waals surface area (Å²) in [4.78, 5) is 44.6. The predicted molar refractivity (Wildman–Crippen MR) is 79.8 cm³/mol. The van der Waals surface area contributed by atoms with Crippen molar-refractivity contribution in [3.05, 3.63) is 0 Å². The molecule has 0 aromatic carbocycles. The lowest BCUT2D eigenvalue weighted by atomic mass is 9.85. The van der Waals surface area contributed by atoms with Crippen LogP contribution in [0.15, 0.2) is 0 Å². The van der Waals surface area contributed by atoms with E-state index < -0.39 is 24.0 Å². The number of aliphatic hydroxyl groups is 1. The summed E-state index contributed by atoms with van der Waals surface area (Å²) >= 11 is 0. The molecule has 1 aliphatic rings. The largest absolute Gasteiger partial charge is 0.481 e. The van der Waals surface area contributed by atoms with Gasteiger partial charge in [0.1, 0.15) is 11.6 Å². The first-order valence-corrected chi connectivity index (χ1v) is 7.97. The molecule has 1 rings (SSSR count). The summed E-state index contributed by atoms with van der Waals surface area (Å²) in [6, 6.07) is 0. The van der Waals surface area contributed by atoms with Crippen LogP contribution in [0.3, 0.4) is 0 Å². The minimum Gasteiger partial charge on any atom is -0.481 e. The Morgan fingerprint density at radius 3 is 2.13 bits per heavy atom. The number of carbonyl (C=O) groups is 4. The number of aliphatic carboxylic acids is 2. The number of aliphatic hydroxyl groups excluding tert-OH is 1. The third-order valence-corrected chi connectivity index (χ3v) is 4.36. The smallest absolute Gasteiger partial charge is 0.303 e. The first-order valence-electron chi connectivity index (χ1n) is 7.97. The number of carboxylic acids is 2. The van der Waals surface area contributed by atoms with Crippen molar-refractivity contribution < 1.29 is 34.5 Å². The maximum absolute atomic E-state index is 11.8. The monoisotopic (exact) mass is 328 g/mol. The highest BCUT2D eigenvalue weighted by Crippen LogP contribution is 2.35. The van der Waals surface area contributed by atoms with Gasteiger partial charge in [0.2, 0.25) is 0 Å². The molecular weight excluding hydrogens is 304 g/mol. The first-order chi connectivity index (χ1) is 10.8. The lowest BCUT2D eigenvalue weighted by Gasteiger charge is -2.20. The van der Waals surface area contributed by atoms with E-state index in [2.05, 4.69) is 0 Å². The van der Waals surface area contributed by atoms with E-state index in [4.69, 9.17) is 10.2 Å². The molecule has 3 unspecified atom stereocenters. The third kappa shape index (κ3) is 6.90. The number of ketones is 2. The molecule has 0 heterocycles. The van der Waals surface area contributed by atoms with Gasteiger partial charge in [0.15, 0.2) is 0 Å². The van der Waals surface area contributed by atoms with Crippen molar-refractivity contribution in [2.75, 3.05) is 0 Å². The quantitative estimate of drug-likeness (QED) is 0.489. The van der Waals surface area contributed by atoms with Crippen molar-refractivity contribution in [1.29, 1.82) is 0 Å². The van der Waals surface area contributed by atoms with Crippen LogP contribution in [0.2, 0.25) is 0 Å². The summed E-state index contributed by atoms with van der Waals surface area (Å²) in [5.74, 6) is -2.85. The molecule has 0 spiro atoms. The molecule has 23 heavy (non-hydrogen) atoms. The minimum atomic E-state index is -0.979. The van der Waals surface area contributed by atoms with Crippen LogP contribution in [0.4, 0.5) is 0 Å². The lowest BCUT2D eigenvalue weighted by molar-refractivity contribution is -0.138. The van der Waals surface area contributed by atoms with Gasteiger partial charge in [0.05, 0.1) is 6.10 Å². The zero-order valence-electron chi connectivity index (χ0n) is 13.1. The second-order valence-corrected chi connectivity index (χ2v) is 6.12. The fourth-order valence-electron chi connectivity index (χ4n) is 3.11. The molecule has 130 valence electrons. The van der Waals surface area contributed by atoms with Gasteiger partial charge in [-0.05, 0) is 31.6 Å².